The van der Waals surface area contributed by atoms with Gasteiger partial charge in [0.2, 0.25) is 0 Å². The summed E-state index contributed by atoms with van der Waals surface area (Å²) in [6.45, 7) is 1.74. The highest BCUT2D eigenvalue weighted by Gasteiger charge is 2.87. The van der Waals surface area contributed by atoms with E-state index in [2.05, 4.69) is 0 Å². The molecule has 0 spiro atoms. The van der Waals surface area contributed by atoms with Crippen molar-refractivity contribution in [2.24, 2.45) is 10.8 Å². The average molecular weight is 459 g/mol. The first-order valence-corrected chi connectivity index (χ1v) is 11.6. The first kappa shape index (κ1) is 21.2. The Balaban J connectivity index is 1.56. The molecule has 4 nitrogen and oxygen atoms in total. The Bertz CT molecular complexity index is 1540. The molecule has 170 valence electrons. The molecule has 1 fully saturated rings. The lowest BCUT2D eigenvalue weighted by atomic mass is 9.84. The average Bonchev–Trinajstić information content (AvgIpc) is 3.50. The molecule has 0 saturated heterocycles. The van der Waals surface area contributed by atoms with E-state index in [1.165, 1.54) is 6.08 Å². The molecule has 1 saturated carbocycles. The highest BCUT2D eigenvalue weighted by atomic mass is 16.5. The van der Waals surface area contributed by atoms with Crippen LogP contribution in [0.5, 0.6) is 5.75 Å². The number of allylic oxidation sites excluding steroid dienone is 1. The summed E-state index contributed by atoms with van der Waals surface area (Å²) < 4.78 is 5.81. The van der Waals surface area contributed by atoms with Gasteiger partial charge < -0.3 is 4.74 Å². The quantitative estimate of drug-likeness (QED) is 0.121. The second kappa shape index (κ2) is 7.60. The van der Waals surface area contributed by atoms with Crippen LogP contribution in [0, 0.1) is 10.8 Å². The first-order valence-electron chi connectivity index (χ1n) is 11.6. The zero-order valence-electron chi connectivity index (χ0n) is 19.1. The van der Waals surface area contributed by atoms with Crippen LogP contribution in [0.1, 0.15) is 34.3 Å². The normalized spacial score (nSPS) is 24.5. The van der Waals surface area contributed by atoms with Crippen molar-refractivity contribution in [1.82, 2.24) is 0 Å². The van der Waals surface area contributed by atoms with Crippen LogP contribution in [0.3, 0.4) is 0 Å². The van der Waals surface area contributed by atoms with Gasteiger partial charge in [0.1, 0.15) is 5.75 Å². The molecule has 4 heteroatoms. The molecule has 2 aliphatic rings. The number of carbonyl (C=O) groups excluding carboxylic acids is 3. The molecule has 1 aliphatic carbocycles. The summed E-state index contributed by atoms with van der Waals surface area (Å²) in [5.74, 6) is -1.53. The van der Waals surface area contributed by atoms with Gasteiger partial charge >= 0.3 is 5.97 Å². The van der Waals surface area contributed by atoms with Crippen molar-refractivity contribution >= 4 is 34.4 Å². The molecule has 4 aromatic rings. The van der Waals surface area contributed by atoms with E-state index in [0.29, 0.717) is 11.3 Å². The van der Waals surface area contributed by atoms with Crippen molar-refractivity contribution in [2.75, 3.05) is 0 Å². The lowest BCUT2D eigenvalue weighted by Crippen LogP contribution is -2.38. The molecule has 4 aromatic carbocycles. The van der Waals surface area contributed by atoms with Crippen LogP contribution >= 0.6 is 0 Å². The SMILES string of the molecule is C[C@]1(C(=O)c2ccccc2)[C@H]2c3c(ccc4ccccc34)OC(=O)[C@@]21C(=O)/C=C/c1ccccc1. The summed E-state index contributed by atoms with van der Waals surface area (Å²) >= 11 is 0. The van der Waals surface area contributed by atoms with Crippen LogP contribution in [-0.2, 0) is 9.59 Å². The Morgan fingerprint density at radius 1 is 0.829 bits per heavy atom. The van der Waals surface area contributed by atoms with Crippen LogP contribution in [0.15, 0.2) is 103 Å². The Labute approximate surface area is 202 Å². The fraction of sp³-hybridized carbons (Fsp3) is 0.129. The number of ether oxygens (including phenoxy) is 1. The number of hydrogen-bond acceptors (Lipinski definition) is 4. The molecule has 35 heavy (non-hydrogen) atoms. The lowest BCUT2D eigenvalue weighted by molar-refractivity contribution is -0.147. The van der Waals surface area contributed by atoms with Gasteiger partial charge in [0.25, 0.3) is 0 Å². The summed E-state index contributed by atoms with van der Waals surface area (Å²) in [5, 5.41) is 1.85. The fourth-order valence-corrected chi connectivity index (χ4v) is 5.86. The molecular formula is C31H22O4. The molecule has 0 bridgehead atoms. The molecule has 0 amide bonds. The Hall–Kier alpha value is -4.31. The van der Waals surface area contributed by atoms with Crippen molar-refractivity contribution in [3.63, 3.8) is 0 Å². The lowest BCUT2D eigenvalue weighted by Gasteiger charge is -2.23. The van der Waals surface area contributed by atoms with Gasteiger partial charge in [-0.25, -0.2) is 0 Å². The van der Waals surface area contributed by atoms with Gasteiger partial charge in [-0.2, -0.15) is 0 Å². The first-order chi connectivity index (χ1) is 17.0. The monoisotopic (exact) mass is 458 g/mol. The van der Waals surface area contributed by atoms with Gasteiger partial charge in [-0.3, -0.25) is 14.4 Å². The second-order valence-corrected chi connectivity index (χ2v) is 9.33. The minimum absolute atomic E-state index is 0.234. The minimum atomic E-state index is -1.62. The van der Waals surface area contributed by atoms with Crippen molar-refractivity contribution < 1.29 is 19.1 Å². The second-order valence-electron chi connectivity index (χ2n) is 9.33. The van der Waals surface area contributed by atoms with Crippen molar-refractivity contribution in [3.05, 3.63) is 120 Å². The van der Waals surface area contributed by atoms with E-state index in [1.54, 1.807) is 43.3 Å². The zero-order valence-corrected chi connectivity index (χ0v) is 19.1. The highest BCUT2D eigenvalue weighted by Crippen LogP contribution is 2.79. The van der Waals surface area contributed by atoms with Gasteiger partial charge in [-0.05, 0) is 28.5 Å². The summed E-state index contributed by atoms with van der Waals surface area (Å²) in [7, 11) is 0. The number of fused-ring (bicyclic) bond motifs is 5. The highest BCUT2D eigenvalue weighted by molar-refractivity contribution is 6.25. The molecule has 0 unspecified atom stereocenters. The minimum Gasteiger partial charge on any atom is -0.425 e. The van der Waals surface area contributed by atoms with E-state index in [0.717, 1.165) is 21.9 Å². The van der Waals surface area contributed by atoms with Crippen molar-refractivity contribution in [2.45, 2.75) is 12.8 Å². The van der Waals surface area contributed by atoms with E-state index in [4.69, 9.17) is 4.74 Å². The predicted molar refractivity (Wildman–Crippen MR) is 134 cm³/mol. The summed E-state index contributed by atoms with van der Waals surface area (Å²) in [6, 6.07) is 29.7. The van der Waals surface area contributed by atoms with Crippen LogP contribution in [-0.4, -0.2) is 17.5 Å². The Morgan fingerprint density at radius 3 is 2.23 bits per heavy atom. The number of benzene rings is 4. The molecule has 1 heterocycles. The molecule has 6 rings (SSSR count). The number of carbonyl (C=O) groups is 3. The van der Waals surface area contributed by atoms with Crippen molar-refractivity contribution in [1.29, 1.82) is 0 Å². The van der Waals surface area contributed by atoms with E-state index in [-0.39, 0.29) is 5.78 Å². The standard InChI is InChI=1S/C31H22O4/c1-30(28(33)22-13-6-3-7-14-22)27-26-23-15-9-8-12-21(23)17-18-24(26)35-29(34)31(27,30)25(32)19-16-20-10-4-2-5-11-20/h2-19,27H,1H3/b19-16+/t27-,30-,31-/m1/s1. The zero-order chi connectivity index (χ0) is 24.2. The summed E-state index contributed by atoms with van der Waals surface area (Å²) in [5.41, 5.74) is -0.851. The molecule has 1 aliphatic heterocycles. The number of Topliss-reactive ketones (excluding diaryl/α,β-unsaturated/α-hetero) is 1. The maximum atomic E-state index is 14.0. The van der Waals surface area contributed by atoms with E-state index < -0.39 is 28.5 Å². The van der Waals surface area contributed by atoms with Crippen LogP contribution in [0.25, 0.3) is 16.8 Å². The topological polar surface area (TPSA) is 60.4 Å². The fourth-order valence-electron chi connectivity index (χ4n) is 5.86. The third-order valence-electron chi connectivity index (χ3n) is 7.61. The molecule has 3 atom stereocenters. The van der Waals surface area contributed by atoms with Gasteiger partial charge in [-0.1, -0.05) is 104 Å². The van der Waals surface area contributed by atoms with E-state index >= 15 is 0 Å². The van der Waals surface area contributed by atoms with Gasteiger partial charge in [0.05, 0.1) is 5.41 Å². The van der Waals surface area contributed by atoms with Crippen LogP contribution in [0.4, 0.5) is 0 Å². The van der Waals surface area contributed by atoms with Gasteiger partial charge in [0, 0.05) is 17.0 Å². The Morgan fingerprint density at radius 2 is 1.49 bits per heavy atom. The number of rotatable bonds is 5. The molecule has 0 aromatic heterocycles. The Kier molecular flexibility index (Phi) is 4.61. The largest absolute Gasteiger partial charge is 0.425 e. The molecular weight excluding hydrogens is 436 g/mol. The van der Waals surface area contributed by atoms with Crippen LogP contribution in [0.2, 0.25) is 0 Å². The summed E-state index contributed by atoms with van der Waals surface area (Å²) in [6.07, 6.45) is 3.11. The van der Waals surface area contributed by atoms with E-state index in [1.807, 2.05) is 66.7 Å². The predicted octanol–water partition coefficient (Wildman–Crippen LogP) is 6.01. The van der Waals surface area contributed by atoms with Gasteiger partial charge in [0.15, 0.2) is 17.0 Å². The maximum absolute atomic E-state index is 14.0. The molecule has 0 N–H and O–H groups in total. The molecule has 0 radical (unpaired) electrons. The summed E-state index contributed by atoms with van der Waals surface area (Å²) in [4.78, 5) is 41.5. The number of ketones is 2. The third-order valence-corrected chi connectivity index (χ3v) is 7.61. The number of esters is 1. The smallest absolute Gasteiger partial charge is 0.327 e. The van der Waals surface area contributed by atoms with Crippen molar-refractivity contribution in [3.8, 4) is 5.75 Å². The maximum Gasteiger partial charge on any atom is 0.327 e. The van der Waals surface area contributed by atoms with Crippen LogP contribution < -0.4 is 4.74 Å². The van der Waals surface area contributed by atoms with Gasteiger partial charge in [-0.15, -0.1) is 0 Å². The third kappa shape index (κ3) is 2.83. The number of hydrogen-bond donors (Lipinski definition) is 0. The van der Waals surface area contributed by atoms with E-state index in [9.17, 15) is 14.4 Å².